The molecule has 1 N–H and O–H groups in total. The molecule has 0 radical (unpaired) electrons. The van der Waals surface area contributed by atoms with Gasteiger partial charge in [-0.2, -0.15) is 0 Å². The van der Waals surface area contributed by atoms with Crippen LogP contribution in [0.5, 0.6) is 0 Å². The van der Waals surface area contributed by atoms with Gasteiger partial charge in [0.15, 0.2) is 0 Å². The topological polar surface area (TPSA) is 29.1 Å². The standard InChI is InChI=1S/C7H12BrNO/c1-6(2)3-4-9-7(10)5-8/h3H,4-5H2,1-2H3,(H,9,10). The van der Waals surface area contributed by atoms with Gasteiger partial charge in [-0.1, -0.05) is 27.6 Å². The Morgan fingerprint density at radius 1 is 1.60 bits per heavy atom. The molecule has 0 aromatic rings. The van der Waals surface area contributed by atoms with E-state index in [9.17, 15) is 4.79 Å². The number of carbonyl (C=O) groups excluding carboxylic acids is 1. The summed E-state index contributed by atoms with van der Waals surface area (Å²) in [5.74, 6) is 0.0255. The van der Waals surface area contributed by atoms with Gasteiger partial charge in [-0.15, -0.1) is 0 Å². The highest BCUT2D eigenvalue weighted by Crippen LogP contribution is 1.85. The number of alkyl halides is 1. The number of allylic oxidation sites excluding steroid dienone is 1. The van der Waals surface area contributed by atoms with E-state index in [1.807, 2.05) is 19.9 Å². The van der Waals surface area contributed by atoms with Crippen LogP contribution in [0.15, 0.2) is 11.6 Å². The Labute approximate surface area is 69.8 Å². The van der Waals surface area contributed by atoms with Gasteiger partial charge < -0.3 is 5.32 Å². The third kappa shape index (κ3) is 5.82. The van der Waals surface area contributed by atoms with Crippen molar-refractivity contribution in [3.05, 3.63) is 11.6 Å². The lowest BCUT2D eigenvalue weighted by atomic mass is 10.3. The molecular weight excluding hydrogens is 194 g/mol. The normalized spacial score (nSPS) is 8.70. The molecule has 0 aromatic carbocycles. The number of amides is 1. The van der Waals surface area contributed by atoms with E-state index in [0.717, 1.165) is 0 Å². The van der Waals surface area contributed by atoms with Crippen LogP contribution in [-0.2, 0) is 4.79 Å². The van der Waals surface area contributed by atoms with Crippen LogP contribution in [0.3, 0.4) is 0 Å². The first-order chi connectivity index (χ1) is 4.66. The van der Waals surface area contributed by atoms with Gasteiger partial charge in [0.25, 0.3) is 0 Å². The van der Waals surface area contributed by atoms with Crippen LogP contribution in [0, 0.1) is 0 Å². The summed E-state index contributed by atoms with van der Waals surface area (Å²) in [6.07, 6.45) is 1.97. The third-order valence-electron chi connectivity index (χ3n) is 0.931. The summed E-state index contributed by atoms with van der Waals surface area (Å²) >= 11 is 3.05. The lowest BCUT2D eigenvalue weighted by molar-refractivity contribution is -0.118. The van der Waals surface area contributed by atoms with Crippen LogP contribution in [0.2, 0.25) is 0 Å². The predicted molar refractivity (Wildman–Crippen MR) is 46.2 cm³/mol. The molecule has 0 rings (SSSR count). The molecule has 0 saturated heterocycles. The van der Waals surface area contributed by atoms with E-state index in [2.05, 4.69) is 21.2 Å². The van der Waals surface area contributed by atoms with Gasteiger partial charge >= 0.3 is 0 Å². The van der Waals surface area contributed by atoms with E-state index in [0.29, 0.717) is 11.9 Å². The summed E-state index contributed by atoms with van der Waals surface area (Å²) in [5, 5.41) is 3.08. The first kappa shape index (κ1) is 9.69. The van der Waals surface area contributed by atoms with Crippen LogP contribution < -0.4 is 5.32 Å². The Morgan fingerprint density at radius 2 is 2.20 bits per heavy atom. The van der Waals surface area contributed by atoms with E-state index in [1.54, 1.807) is 0 Å². The number of rotatable bonds is 3. The number of nitrogens with one attached hydrogen (secondary N) is 1. The first-order valence-electron chi connectivity index (χ1n) is 3.13. The second-order valence-electron chi connectivity index (χ2n) is 2.22. The number of hydrogen-bond donors (Lipinski definition) is 1. The molecule has 1 amide bonds. The van der Waals surface area contributed by atoms with E-state index < -0.39 is 0 Å². The van der Waals surface area contributed by atoms with Crippen LogP contribution >= 0.6 is 15.9 Å². The summed E-state index contributed by atoms with van der Waals surface area (Å²) in [5.41, 5.74) is 1.22. The maximum atomic E-state index is 10.6. The monoisotopic (exact) mass is 205 g/mol. The summed E-state index contributed by atoms with van der Waals surface area (Å²) < 4.78 is 0. The average molecular weight is 206 g/mol. The quantitative estimate of drug-likeness (QED) is 0.549. The minimum Gasteiger partial charge on any atom is -0.352 e. The molecule has 0 aliphatic rings. The SMILES string of the molecule is CC(C)=CCNC(=O)CBr. The molecule has 0 aliphatic carbocycles. The van der Waals surface area contributed by atoms with E-state index in [-0.39, 0.29) is 5.91 Å². The second-order valence-corrected chi connectivity index (χ2v) is 2.78. The van der Waals surface area contributed by atoms with Crippen LogP contribution in [0.25, 0.3) is 0 Å². The highest BCUT2D eigenvalue weighted by molar-refractivity contribution is 9.09. The maximum Gasteiger partial charge on any atom is 0.230 e. The number of hydrogen-bond acceptors (Lipinski definition) is 1. The highest BCUT2D eigenvalue weighted by Gasteiger charge is 1.92. The zero-order chi connectivity index (χ0) is 7.98. The van der Waals surface area contributed by atoms with Crippen molar-refractivity contribution in [3.8, 4) is 0 Å². The molecule has 0 saturated carbocycles. The molecule has 0 bridgehead atoms. The fourth-order valence-electron chi connectivity index (χ4n) is 0.416. The molecule has 0 unspecified atom stereocenters. The molecule has 3 heteroatoms. The van der Waals surface area contributed by atoms with Crippen LogP contribution in [0.1, 0.15) is 13.8 Å². The number of carbonyl (C=O) groups is 1. The Morgan fingerprint density at radius 3 is 2.60 bits per heavy atom. The fourth-order valence-corrected chi connectivity index (χ4v) is 0.614. The Bertz CT molecular complexity index is 139. The lowest BCUT2D eigenvalue weighted by Gasteiger charge is -1.96. The minimum atomic E-state index is 0.0255. The van der Waals surface area contributed by atoms with Crippen molar-refractivity contribution in [1.29, 1.82) is 0 Å². The smallest absolute Gasteiger partial charge is 0.230 e. The summed E-state index contributed by atoms with van der Waals surface area (Å²) in [6.45, 7) is 4.63. The lowest BCUT2D eigenvalue weighted by Crippen LogP contribution is -2.24. The molecule has 0 spiro atoms. The molecule has 0 atom stereocenters. The molecule has 58 valence electrons. The van der Waals surface area contributed by atoms with Crippen molar-refractivity contribution in [1.82, 2.24) is 5.32 Å². The molecule has 2 nitrogen and oxygen atoms in total. The van der Waals surface area contributed by atoms with Crippen molar-refractivity contribution in [2.24, 2.45) is 0 Å². The summed E-state index contributed by atoms with van der Waals surface area (Å²) in [7, 11) is 0. The zero-order valence-electron chi connectivity index (χ0n) is 6.28. The summed E-state index contributed by atoms with van der Waals surface area (Å²) in [6, 6.07) is 0. The largest absolute Gasteiger partial charge is 0.352 e. The van der Waals surface area contributed by atoms with Gasteiger partial charge in [-0.05, 0) is 13.8 Å². The van der Waals surface area contributed by atoms with Gasteiger partial charge in [0.1, 0.15) is 0 Å². The van der Waals surface area contributed by atoms with Gasteiger partial charge in [0.2, 0.25) is 5.91 Å². The van der Waals surface area contributed by atoms with Gasteiger partial charge in [0.05, 0.1) is 5.33 Å². The number of halogens is 1. The van der Waals surface area contributed by atoms with Crippen molar-refractivity contribution >= 4 is 21.8 Å². The Kier molecular flexibility index (Phi) is 5.30. The molecule has 0 aliphatic heterocycles. The van der Waals surface area contributed by atoms with Crippen LogP contribution in [0.4, 0.5) is 0 Å². The van der Waals surface area contributed by atoms with E-state index in [4.69, 9.17) is 0 Å². The Hall–Kier alpha value is -0.310. The highest BCUT2D eigenvalue weighted by atomic mass is 79.9. The summed E-state index contributed by atoms with van der Waals surface area (Å²) in [4.78, 5) is 10.6. The van der Waals surface area contributed by atoms with E-state index >= 15 is 0 Å². The third-order valence-corrected chi connectivity index (χ3v) is 1.44. The molecule has 0 fully saturated rings. The van der Waals surface area contributed by atoms with Crippen molar-refractivity contribution in [3.63, 3.8) is 0 Å². The average Bonchev–Trinajstić information content (AvgIpc) is 1.87. The minimum absolute atomic E-state index is 0.0255. The second kappa shape index (κ2) is 5.47. The first-order valence-corrected chi connectivity index (χ1v) is 4.25. The van der Waals surface area contributed by atoms with Gasteiger partial charge in [-0.3, -0.25) is 4.79 Å². The Balaban J connectivity index is 3.37. The van der Waals surface area contributed by atoms with E-state index in [1.165, 1.54) is 5.57 Å². The van der Waals surface area contributed by atoms with Gasteiger partial charge in [-0.25, -0.2) is 0 Å². The maximum absolute atomic E-state index is 10.6. The van der Waals surface area contributed by atoms with Crippen LogP contribution in [-0.4, -0.2) is 17.8 Å². The molecular formula is C7H12BrNO. The fraction of sp³-hybridized carbons (Fsp3) is 0.571. The predicted octanol–water partition coefficient (Wildman–Crippen LogP) is 1.46. The van der Waals surface area contributed by atoms with Crippen molar-refractivity contribution < 1.29 is 4.79 Å². The molecule has 0 heterocycles. The van der Waals surface area contributed by atoms with Crippen molar-refractivity contribution in [2.75, 3.05) is 11.9 Å². The molecule has 0 aromatic heterocycles. The zero-order valence-corrected chi connectivity index (χ0v) is 7.86. The van der Waals surface area contributed by atoms with Crippen molar-refractivity contribution in [2.45, 2.75) is 13.8 Å². The van der Waals surface area contributed by atoms with Gasteiger partial charge in [0, 0.05) is 6.54 Å². The molecule has 10 heavy (non-hydrogen) atoms.